The molecule has 1 atom stereocenters. The number of aryl methyl sites for hydroxylation is 2. The molecule has 106 valence electrons. The highest BCUT2D eigenvalue weighted by Gasteiger charge is 2.18. The van der Waals surface area contributed by atoms with Gasteiger partial charge in [-0.2, -0.15) is 0 Å². The van der Waals surface area contributed by atoms with Gasteiger partial charge in [0.05, 0.1) is 5.92 Å². The molecule has 0 aliphatic carbocycles. The van der Waals surface area contributed by atoms with Crippen molar-refractivity contribution in [3.05, 3.63) is 34.9 Å². The molecule has 19 heavy (non-hydrogen) atoms. The number of carbonyl (C=O) groups is 1. The lowest BCUT2D eigenvalue weighted by molar-refractivity contribution is -0.133. The predicted octanol–water partition coefficient (Wildman–Crippen LogP) is 2.29. The number of nitrogens with two attached hydrogens (primary N) is 1. The third-order valence-corrected chi connectivity index (χ3v) is 3.72. The van der Waals surface area contributed by atoms with Crippen LogP contribution in [0.3, 0.4) is 0 Å². The Hall–Kier alpha value is -1.35. The Morgan fingerprint density at radius 1 is 1.37 bits per heavy atom. The lowest BCUT2D eigenvalue weighted by atomic mass is 10.0. The van der Waals surface area contributed by atoms with Gasteiger partial charge < -0.3 is 10.6 Å². The van der Waals surface area contributed by atoms with Gasteiger partial charge in [-0.3, -0.25) is 4.79 Å². The molecule has 0 bridgehead atoms. The predicted molar refractivity (Wildman–Crippen MR) is 80.1 cm³/mol. The lowest BCUT2D eigenvalue weighted by Gasteiger charge is -2.22. The highest BCUT2D eigenvalue weighted by atomic mass is 16.2. The number of likely N-dealkylation sites (N-methyl/N-ethyl adjacent to an activating group) is 1. The molecule has 3 nitrogen and oxygen atoms in total. The van der Waals surface area contributed by atoms with Crippen LogP contribution in [-0.2, 0) is 11.2 Å². The van der Waals surface area contributed by atoms with Gasteiger partial charge in [0.2, 0.25) is 5.91 Å². The average Bonchev–Trinajstić information content (AvgIpc) is 2.38. The van der Waals surface area contributed by atoms with E-state index in [-0.39, 0.29) is 11.8 Å². The molecule has 3 heteroatoms. The quantitative estimate of drug-likeness (QED) is 0.855. The van der Waals surface area contributed by atoms with E-state index in [9.17, 15) is 4.79 Å². The van der Waals surface area contributed by atoms with Gasteiger partial charge in [0.1, 0.15) is 0 Å². The molecule has 0 saturated heterocycles. The Labute approximate surface area is 116 Å². The summed E-state index contributed by atoms with van der Waals surface area (Å²) >= 11 is 0. The number of amides is 1. The fourth-order valence-corrected chi connectivity index (χ4v) is 2.28. The standard InChI is InChI=1S/C16H26N2O/c1-5-14(11-17)16(19)18(4)9-8-15-7-6-12(2)10-13(15)3/h6-7,10,14H,5,8-9,11,17H2,1-4H3. The van der Waals surface area contributed by atoms with Crippen LogP contribution in [0.25, 0.3) is 0 Å². The summed E-state index contributed by atoms with van der Waals surface area (Å²) in [6.45, 7) is 7.41. The van der Waals surface area contributed by atoms with Crippen molar-refractivity contribution < 1.29 is 4.79 Å². The van der Waals surface area contributed by atoms with Crippen molar-refractivity contribution >= 4 is 5.91 Å². The molecule has 0 fully saturated rings. The minimum atomic E-state index is -0.0379. The largest absolute Gasteiger partial charge is 0.345 e. The number of nitrogens with zero attached hydrogens (tertiary/aromatic N) is 1. The average molecular weight is 262 g/mol. The number of carbonyl (C=O) groups excluding carboxylic acids is 1. The normalized spacial score (nSPS) is 12.3. The summed E-state index contributed by atoms with van der Waals surface area (Å²) in [4.78, 5) is 13.9. The van der Waals surface area contributed by atoms with Crippen LogP contribution in [0.2, 0.25) is 0 Å². The molecule has 0 radical (unpaired) electrons. The Kier molecular flexibility index (Phi) is 6.03. The SMILES string of the molecule is CCC(CN)C(=O)N(C)CCc1ccc(C)cc1C. The third-order valence-electron chi connectivity index (χ3n) is 3.72. The van der Waals surface area contributed by atoms with Gasteiger partial charge in [0, 0.05) is 20.1 Å². The molecular formula is C16H26N2O. The molecular weight excluding hydrogens is 236 g/mol. The first-order valence-electron chi connectivity index (χ1n) is 7.00. The van der Waals surface area contributed by atoms with Crippen LogP contribution in [0.5, 0.6) is 0 Å². The first-order valence-corrected chi connectivity index (χ1v) is 7.00. The first kappa shape index (κ1) is 15.7. The molecule has 1 unspecified atom stereocenters. The Morgan fingerprint density at radius 2 is 2.05 bits per heavy atom. The number of hydrogen-bond acceptors (Lipinski definition) is 2. The van der Waals surface area contributed by atoms with Gasteiger partial charge in [0.15, 0.2) is 0 Å². The van der Waals surface area contributed by atoms with E-state index in [1.165, 1.54) is 16.7 Å². The van der Waals surface area contributed by atoms with E-state index in [2.05, 4.69) is 32.0 Å². The van der Waals surface area contributed by atoms with Crippen LogP contribution in [0, 0.1) is 19.8 Å². The second-order valence-corrected chi connectivity index (χ2v) is 5.28. The van der Waals surface area contributed by atoms with E-state index in [1.54, 1.807) is 4.90 Å². The Balaban J connectivity index is 2.58. The lowest BCUT2D eigenvalue weighted by Crippen LogP contribution is -2.37. The molecule has 1 aromatic carbocycles. The van der Waals surface area contributed by atoms with E-state index in [1.807, 2.05) is 14.0 Å². The van der Waals surface area contributed by atoms with E-state index in [0.717, 1.165) is 19.4 Å². The van der Waals surface area contributed by atoms with Crippen LogP contribution in [-0.4, -0.2) is 30.9 Å². The molecule has 0 aromatic heterocycles. The van der Waals surface area contributed by atoms with Gasteiger partial charge in [-0.15, -0.1) is 0 Å². The highest BCUT2D eigenvalue weighted by molar-refractivity contribution is 5.78. The van der Waals surface area contributed by atoms with E-state index >= 15 is 0 Å². The number of benzene rings is 1. The first-order chi connectivity index (χ1) is 8.99. The number of hydrogen-bond donors (Lipinski definition) is 1. The van der Waals surface area contributed by atoms with Crippen molar-refractivity contribution in [2.75, 3.05) is 20.1 Å². The highest BCUT2D eigenvalue weighted by Crippen LogP contribution is 2.12. The molecule has 0 heterocycles. The Bertz CT molecular complexity index is 425. The van der Waals surface area contributed by atoms with Crippen molar-refractivity contribution in [3.8, 4) is 0 Å². The topological polar surface area (TPSA) is 46.3 Å². The third kappa shape index (κ3) is 4.35. The molecule has 0 aliphatic rings. The van der Waals surface area contributed by atoms with Crippen LogP contribution < -0.4 is 5.73 Å². The summed E-state index contributed by atoms with van der Waals surface area (Å²) in [5.74, 6) is 0.124. The monoisotopic (exact) mass is 262 g/mol. The molecule has 0 saturated carbocycles. The van der Waals surface area contributed by atoms with Gasteiger partial charge in [-0.1, -0.05) is 30.7 Å². The van der Waals surface area contributed by atoms with Gasteiger partial charge in [-0.25, -0.2) is 0 Å². The van der Waals surface area contributed by atoms with Crippen molar-refractivity contribution in [1.82, 2.24) is 4.90 Å². The van der Waals surface area contributed by atoms with Crippen molar-refractivity contribution in [3.63, 3.8) is 0 Å². The second-order valence-electron chi connectivity index (χ2n) is 5.28. The molecule has 0 aliphatic heterocycles. The molecule has 1 rings (SSSR count). The minimum absolute atomic E-state index is 0.0379. The number of rotatable bonds is 6. The summed E-state index contributed by atoms with van der Waals surface area (Å²) < 4.78 is 0. The summed E-state index contributed by atoms with van der Waals surface area (Å²) in [5, 5.41) is 0. The van der Waals surface area contributed by atoms with E-state index < -0.39 is 0 Å². The van der Waals surface area contributed by atoms with Gasteiger partial charge >= 0.3 is 0 Å². The smallest absolute Gasteiger partial charge is 0.226 e. The van der Waals surface area contributed by atoms with Crippen LogP contribution in [0.1, 0.15) is 30.0 Å². The minimum Gasteiger partial charge on any atom is -0.345 e. The molecule has 0 spiro atoms. The van der Waals surface area contributed by atoms with E-state index in [0.29, 0.717) is 6.54 Å². The zero-order valence-corrected chi connectivity index (χ0v) is 12.6. The zero-order valence-electron chi connectivity index (χ0n) is 12.6. The maximum Gasteiger partial charge on any atom is 0.226 e. The fraction of sp³-hybridized carbons (Fsp3) is 0.562. The van der Waals surface area contributed by atoms with E-state index in [4.69, 9.17) is 5.73 Å². The van der Waals surface area contributed by atoms with Crippen molar-refractivity contribution in [2.24, 2.45) is 11.7 Å². The summed E-state index contributed by atoms with van der Waals surface area (Å²) in [6.07, 6.45) is 1.71. The van der Waals surface area contributed by atoms with Gasteiger partial charge in [-0.05, 0) is 37.8 Å². The zero-order chi connectivity index (χ0) is 14.4. The molecule has 1 amide bonds. The summed E-state index contributed by atoms with van der Waals surface area (Å²) in [6, 6.07) is 6.47. The van der Waals surface area contributed by atoms with Crippen molar-refractivity contribution in [1.29, 1.82) is 0 Å². The Morgan fingerprint density at radius 3 is 2.58 bits per heavy atom. The van der Waals surface area contributed by atoms with Crippen LogP contribution >= 0.6 is 0 Å². The molecule has 2 N–H and O–H groups in total. The van der Waals surface area contributed by atoms with Crippen molar-refractivity contribution in [2.45, 2.75) is 33.6 Å². The summed E-state index contributed by atoms with van der Waals surface area (Å²) in [7, 11) is 1.87. The maximum absolute atomic E-state index is 12.1. The molecule has 1 aromatic rings. The van der Waals surface area contributed by atoms with Crippen LogP contribution in [0.4, 0.5) is 0 Å². The maximum atomic E-state index is 12.1. The van der Waals surface area contributed by atoms with Crippen LogP contribution in [0.15, 0.2) is 18.2 Å². The second kappa shape index (κ2) is 7.29. The summed E-state index contributed by atoms with van der Waals surface area (Å²) in [5.41, 5.74) is 9.51. The van der Waals surface area contributed by atoms with Gasteiger partial charge in [0.25, 0.3) is 0 Å². The fourth-order valence-electron chi connectivity index (χ4n) is 2.28.